The number of allylic oxidation sites excluding steroid dienone is 4. The van der Waals surface area contributed by atoms with Crippen molar-refractivity contribution in [1.82, 2.24) is 0 Å². The first kappa shape index (κ1) is 15.2. The van der Waals surface area contributed by atoms with Crippen LogP contribution in [-0.2, 0) is 4.74 Å². The summed E-state index contributed by atoms with van der Waals surface area (Å²) >= 11 is 0. The summed E-state index contributed by atoms with van der Waals surface area (Å²) in [7, 11) is 1.74. The first-order valence-electron chi connectivity index (χ1n) is 6.02. The summed E-state index contributed by atoms with van der Waals surface area (Å²) in [4.78, 5) is 0. The smallest absolute Gasteiger partial charge is 0.0528 e. The lowest BCUT2D eigenvalue weighted by molar-refractivity contribution is 0.173. The Kier molecular flexibility index (Phi) is 7.92. The molecule has 0 fully saturated rings. The van der Waals surface area contributed by atoms with Gasteiger partial charge in [-0.2, -0.15) is 0 Å². The molecule has 0 radical (unpaired) electrons. The molecule has 16 heavy (non-hydrogen) atoms. The summed E-state index contributed by atoms with van der Waals surface area (Å²) in [6.07, 6.45) is 7.51. The highest BCUT2D eigenvalue weighted by atomic mass is 16.5. The molecule has 0 aromatic heterocycles. The highest BCUT2D eigenvalue weighted by molar-refractivity contribution is 5.22. The average Bonchev–Trinajstić information content (AvgIpc) is 2.24. The van der Waals surface area contributed by atoms with E-state index in [1.807, 2.05) is 0 Å². The van der Waals surface area contributed by atoms with E-state index >= 15 is 0 Å². The summed E-state index contributed by atoms with van der Waals surface area (Å²) in [5, 5.41) is 0. The molecule has 92 valence electrons. The molecule has 1 unspecified atom stereocenters. The van der Waals surface area contributed by atoms with E-state index in [-0.39, 0.29) is 0 Å². The van der Waals surface area contributed by atoms with Gasteiger partial charge in [0.1, 0.15) is 0 Å². The van der Waals surface area contributed by atoms with Crippen LogP contribution in [0.2, 0.25) is 0 Å². The van der Waals surface area contributed by atoms with Gasteiger partial charge in [-0.3, -0.25) is 0 Å². The van der Waals surface area contributed by atoms with Crippen molar-refractivity contribution >= 4 is 0 Å². The Morgan fingerprint density at radius 1 is 1.31 bits per heavy atom. The molecule has 0 aromatic carbocycles. The SMILES string of the molecule is C=C(CC=CC(=CC)C(C)COC)C(C)C. The maximum absolute atomic E-state index is 5.16. The van der Waals surface area contributed by atoms with Gasteiger partial charge in [-0.1, -0.05) is 51.2 Å². The third-order valence-electron chi connectivity index (χ3n) is 2.83. The Labute approximate surface area is 101 Å². The molecule has 0 aromatic rings. The number of hydrogen-bond donors (Lipinski definition) is 0. The Balaban J connectivity index is 4.23. The van der Waals surface area contributed by atoms with Gasteiger partial charge in [0, 0.05) is 13.0 Å². The van der Waals surface area contributed by atoms with Crippen LogP contribution < -0.4 is 0 Å². The highest BCUT2D eigenvalue weighted by Gasteiger charge is 2.04. The molecule has 0 rings (SSSR count). The molecule has 0 heterocycles. The minimum Gasteiger partial charge on any atom is -0.384 e. The maximum Gasteiger partial charge on any atom is 0.0528 e. The highest BCUT2D eigenvalue weighted by Crippen LogP contribution is 2.15. The van der Waals surface area contributed by atoms with E-state index in [0.717, 1.165) is 13.0 Å². The third-order valence-corrected chi connectivity index (χ3v) is 2.83. The van der Waals surface area contributed by atoms with Crippen molar-refractivity contribution in [2.24, 2.45) is 11.8 Å². The second-order valence-electron chi connectivity index (χ2n) is 4.56. The number of ether oxygens (including phenoxy) is 1. The Morgan fingerprint density at radius 3 is 2.38 bits per heavy atom. The van der Waals surface area contributed by atoms with E-state index in [0.29, 0.717) is 11.8 Å². The minimum atomic E-state index is 0.457. The van der Waals surface area contributed by atoms with Gasteiger partial charge in [-0.15, -0.1) is 0 Å². The van der Waals surface area contributed by atoms with Gasteiger partial charge >= 0.3 is 0 Å². The predicted molar refractivity (Wildman–Crippen MR) is 72.5 cm³/mol. The van der Waals surface area contributed by atoms with Crippen LogP contribution in [-0.4, -0.2) is 13.7 Å². The number of rotatable bonds is 7. The Morgan fingerprint density at radius 2 is 1.94 bits per heavy atom. The van der Waals surface area contributed by atoms with E-state index < -0.39 is 0 Å². The van der Waals surface area contributed by atoms with Crippen LogP contribution in [0.25, 0.3) is 0 Å². The van der Waals surface area contributed by atoms with Gasteiger partial charge in [0.2, 0.25) is 0 Å². The lowest BCUT2D eigenvalue weighted by Crippen LogP contribution is -2.05. The summed E-state index contributed by atoms with van der Waals surface area (Å²) in [6.45, 7) is 13.5. The standard InChI is InChI=1S/C15H26O/c1-7-15(14(5)11-16-6)10-8-9-13(4)12(2)3/h7-8,10,12,14H,4,9,11H2,1-3,5-6H3. The summed E-state index contributed by atoms with van der Waals surface area (Å²) in [5.74, 6) is 1.02. The Bertz CT molecular complexity index is 259. The lowest BCUT2D eigenvalue weighted by atomic mass is 9.98. The second kappa shape index (κ2) is 8.35. The average molecular weight is 222 g/mol. The molecule has 0 aliphatic rings. The van der Waals surface area contributed by atoms with Crippen LogP contribution in [0.5, 0.6) is 0 Å². The summed E-state index contributed by atoms with van der Waals surface area (Å²) in [5.41, 5.74) is 2.62. The molecular formula is C15H26O. The normalized spacial score (nSPS) is 14.8. The molecule has 0 spiro atoms. The zero-order chi connectivity index (χ0) is 12.6. The van der Waals surface area contributed by atoms with Crippen LogP contribution in [0.15, 0.2) is 36.0 Å². The molecule has 0 aliphatic carbocycles. The van der Waals surface area contributed by atoms with Gasteiger partial charge in [0.25, 0.3) is 0 Å². The molecule has 0 amide bonds. The van der Waals surface area contributed by atoms with Gasteiger partial charge in [0.15, 0.2) is 0 Å². The monoisotopic (exact) mass is 222 g/mol. The number of hydrogen-bond acceptors (Lipinski definition) is 1. The molecule has 0 aliphatic heterocycles. The van der Waals surface area contributed by atoms with E-state index in [9.17, 15) is 0 Å². The predicted octanol–water partition coefficient (Wildman–Crippen LogP) is 4.37. The zero-order valence-corrected chi connectivity index (χ0v) is 11.4. The van der Waals surface area contributed by atoms with E-state index in [2.05, 4.69) is 52.5 Å². The minimum absolute atomic E-state index is 0.457. The quantitative estimate of drug-likeness (QED) is 0.459. The molecule has 0 N–H and O–H groups in total. The van der Waals surface area contributed by atoms with Crippen molar-refractivity contribution in [2.75, 3.05) is 13.7 Å². The fourth-order valence-electron chi connectivity index (χ4n) is 1.47. The van der Waals surface area contributed by atoms with Crippen molar-refractivity contribution in [3.05, 3.63) is 36.0 Å². The molecule has 0 bridgehead atoms. The topological polar surface area (TPSA) is 9.23 Å². The fraction of sp³-hybridized carbons (Fsp3) is 0.600. The zero-order valence-electron chi connectivity index (χ0n) is 11.4. The fourth-order valence-corrected chi connectivity index (χ4v) is 1.47. The summed E-state index contributed by atoms with van der Waals surface area (Å²) < 4.78 is 5.16. The van der Waals surface area contributed by atoms with Crippen molar-refractivity contribution in [1.29, 1.82) is 0 Å². The van der Waals surface area contributed by atoms with Gasteiger partial charge in [0.05, 0.1) is 6.61 Å². The van der Waals surface area contributed by atoms with Crippen LogP contribution in [0, 0.1) is 11.8 Å². The van der Waals surface area contributed by atoms with Crippen LogP contribution >= 0.6 is 0 Å². The molecule has 0 saturated carbocycles. The van der Waals surface area contributed by atoms with E-state index in [1.54, 1.807) is 7.11 Å². The molecular weight excluding hydrogens is 196 g/mol. The van der Waals surface area contributed by atoms with Crippen LogP contribution in [0.3, 0.4) is 0 Å². The molecule has 0 saturated heterocycles. The first-order valence-corrected chi connectivity index (χ1v) is 6.02. The van der Waals surface area contributed by atoms with Crippen molar-refractivity contribution in [3.63, 3.8) is 0 Å². The van der Waals surface area contributed by atoms with Gasteiger partial charge in [-0.25, -0.2) is 0 Å². The molecule has 1 heteroatoms. The first-order chi connectivity index (χ1) is 7.52. The second-order valence-corrected chi connectivity index (χ2v) is 4.56. The molecule has 1 nitrogen and oxygen atoms in total. The van der Waals surface area contributed by atoms with E-state index in [1.165, 1.54) is 11.1 Å². The van der Waals surface area contributed by atoms with E-state index in [4.69, 9.17) is 4.74 Å². The summed E-state index contributed by atoms with van der Waals surface area (Å²) in [6, 6.07) is 0. The third kappa shape index (κ3) is 5.92. The molecule has 1 atom stereocenters. The van der Waals surface area contributed by atoms with Crippen LogP contribution in [0.1, 0.15) is 34.1 Å². The van der Waals surface area contributed by atoms with Crippen molar-refractivity contribution in [3.8, 4) is 0 Å². The van der Waals surface area contributed by atoms with Crippen molar-refractivity contribution < 1.29 is 4.74 Å². The number of methoxy groups -OCH3 is 1. The van der Waals surface area contributed by atoms with Gasteiger partial charge in [-0.05, 0) is 24.8 Å². The van der Waals surface area contributed by atoms with Crippen molar-refractivity contribution in [2.45, 2.75) is 34.1 Å². The lowest BCUT2D eigenvalue weighted by Gasteiger charge is -2.11. The maximum atomic E-state index is 5.16. The van der Waals surface area contributed by atoms with Crippen LogP contribution in [0.4, 0.5) is 0 Å². The van der Waals surface area contributed by atoms with Gasteiger partial charge < -0.3 is 4.74 Å². The largest absolute Gasteiger partial charge is 0.384 e. The Hall–Kier alpha value is -0.820.